The lowest BCUT2D eigenvalue weighted by molar-refractivity contribution is -0.122. The van der Waals surface area contributed by atoms with E-state index in [1.807, 2.05) is 53.5 Å². The molecule has 2 aromatic carbocycles. The van der Waals surface area contributed by atoms with Crippen molar-refractivity contribution in [3.05, 3.63) is 66.2 Å². The summed E-state index contributed by atoms with van der Waals surface area (Å²) in [5.41, 5.74) is 5.24. The number of carbonyl (C=O) groups excluding carboxylic acids is 1. The van der Waals surface area contributed by atoms with Gasteiger partial charge in [-0.1, -0.05) is 55.5 Å². The molecule has 2 aromatic rings. The van der Waals surface area contributed by atoms with Gasteiger partial charge in [-0.25, -0.2) is 0 Å². The summed E-state index contributed by atoms with van der Waals surface area (Å²) in [6.07, 6.45) is 2.43. The highest BCUT2D eigenvalue weighted by Gasteiger charge is 2.29. The molecule has 0 spiro atoms. The minimum atomic E-state index is 0.0449. The number of hydrogen-bond donors (Lipinski definition) is 1. The molecule has 0 aromatic heterocycles. The fourth-order valence-electron chi connectivity index (χ4n) is 2.88. The summed E-state index contributed by atoms with van der Waals surface area (Å²) >= 11 is 0. The first kappa shape index (κ1) is 16.5. The van der Waals surface area contributed by atoms with Gasteiger partial charge in [0.25, 0.3) is 5.91 Å². The van der Waals surface area contributed by atoms with Crippen LogP contribution in [0.1, 0.15) is 25.3 Å². The summed E-state index contributed by atoms with van der Waals surface area (Å²) in [4.78, 5) is 14.8. The van der Waals surface area contributed by atoms with Crippen molar-refractivity contribution in [1.29, 1.82) is 0 Å². The number of hydrazine groups is 1. The number of rotatable bonds is 8. The lowest BCUT2D eigenvalue weighted by atomic mass is 10.2. The molecule has 1 aliphatic carbocycles. The van der Waals surface area contributed by atoms with Crippen LogP contribution in [0.5, 0.6) is 0 Å². The third kappa shape index (κ3) is 4.59. The second-order valence-electron chi connectivity index (χ2n) is 6.24. The molecule has 1 aliphatic rings. The minimum absolute atomic E-state index is 0.0449. The van der Waals surface area contributed by atoms with Gasteiger partial charge in [-0.05, 0) is 37.1 Å². The fourth-order valence-corrected chi connectivity index (χ4v) is 2.88. The van der Waals surface area contributed by atoms with Crippen molar-refractivity contribution in [2.45, 2.75) is 32.4 Å². The van der Waals surface area contributed by atoms with Crippen molar-refractivity contribution in [3.8, 4) is 0 Å². The Balaban J connectivity index is 1.68. The van der Waals surface area contributed by atoms with E-state index in [0.29, 0.717) is 19.1 Å². The molecule has 0 radical (unpaired) electrons. The molecule has 0 heterocycles. The first-order valence-corrected chi connectivity index (χ1v) is 8.66. The average molecular weight is 323 g/mol. The topological polar surface area (TPSA) is 35.6 Å². The van der Waals surface area contributed by atoms with Crippen LogP contribution in [-0.4, -0.2) is 29.9 Å². The zero-order valence-corrected chi connectivity index (χ0v) is 14.2. The van der Waals surface area contributed by atoms with Gasteiger partial charge in [0.05, 0.1) is 18.8 Å². The molecule has 0 aliphatic heterocycles. The Morgan fingerprint density at radius 2 is 1.67 bits per heavy atom. The van der Waals surface area contributed by atoms with E-state index in [-0.39, 0.29) is 5.91 Å². The van der Waals surface area contributed by atoms with Crippen molar-refractivity contribution in [3.63, 3.8) is 0 Å². The number of hydrogen-bond acceptors (Lipinski definition) is 3. The van der Waals surface area contributed by atoms with Crippen LogP contribution < -0.4 is 10.4 Å². The Kier molecular flexibility index (Phi) is 5.49. The van der Waals surface area contributed by atoms with Crippen LogP contribution in [0, 0.1) is 0 Å². The summed E-state index contributed by atoms with van der Waals surface area (Å²) in [7, 11) is 0. The highest BCUT2D eigenvalue weighted by atomic mass is 16.2. The second-order valence-corrected chi connectivity index (χ2v) is 6.24. The Bertz CT molecular complexity index is 640. The zero-order chi connectivity index (χ0) is 16.8. The first-order valence-electron chi connectivity index (χ1n) is 8.66. The zero-order valence-electron chi connectivity index (χ0n) is 14.2. The molecule has 4 heteroatoms. The molecule has 0 unspecified atom stereocenters. The van der Waals surface area contributed by atoms with Gasteiger partial charge in [0.2, 0.25) is 0 Å². The van der Waals surface area contributed by atoms with Crippen molar-refractivity contribution in [2.75, 3.05) is 18.1 Å². The van der Waals surface area contributed by atoms with Gasteiger partial charge in [0.1, 0.15) is 0 Å². The Labute approximate surface area is 144 Å². The van der Waals surface area contributed by atoms with E-state index < -0.39 is 0 Å². The largest absolute Gasteiger partial charge is 0.292 e. The number of nitrogens with zero attached hydrogens (tertiary/aromatic N) is 2. The molecule has 4 nitrogen and oxygen atoms in total. The Hall–Kier alpha value is -2.33. The molecule has 0 atom stereocenters. The maximum absolute atomic E-state index is 12.5. The van der Waals surface area contributed by atoms with E-state index in [1.165, 1.54) is 12.8 Å². The second kappa shape index (κ2) is 7.97. The van der Waals surface area contributed by atoms with Gasteiger partial charge in [0.15, 0.2) is 0 Å². The molecular weight excluding hydrogens is 298 g/mol. The van der Waals surface area contributed by atoms with Crippen molar-refractivity contribution < 1.29 is 4.79 Å². The standard InChI is InChI=1S/C20H25N3O/c1-2-22(18-13-14-18)16-20(24)21-23(19-11-7-4-8-12-19)15-17-9-5-3-6-10-17/h3-12,18H,2,13-16H2,1H3,(H,21,24). The number of nitrogens with one attached hydrogen (secondary N) is 1. The number of amides is 1. The number of benzene rings is 2. The van der Waals surface area contributed by atoms with Gasteiger partial charge in [-0.15, -0.1) is 0 Å². The summed E-state index contributed by atoms with van der Waals surface area (Å²) in [5.74, 6) is 0.0449. The van der Waals surface area contributed by atoms with Gasteiger partial charge in [0, 0.05) is 6.04 Å². The highest BCUT2D eigenvalue weighted by molar-refractivity contribution is 5.80. The van der Waals surface area contributed by atoms with Gasteiger partial charge in [-0.2, -0.15) is 0 Å². The quantitative estimate of drug-likeness (QED) is 0.758. The highest BCUT2D eigenvalue weighted by Crippen LogP contribution is 2.26. The summed E-state index contributed by atoms with van der Waals surface area (Å²) in [6, 6.07) is 20.8. The summed E-state index contributed by atoms with van der Waals surface area (Å²) < 4.78 is 0. The predicted molar refractivity (Wildman–Crippen MR) is 97.5 cm³/mol. The monoisotopic (exact) mass is 323 g/mol. The average Bonchev–Trinajstić information content (AvgIpc) is 3.46. The molecule has 1 N–H and O–H groups in total. The van der Waals surface area contributed by atoms with Crippen LogP contribution in [0.4, 0.5) is 5.69 Å². The van der Waals surface area contributed by atoms with Crippen LogP contribution in [0.3, 0.4) is 0 Å². The predicted octanol–water partition coefficient (Wildman–Crippen LogP) is 3.21. The minimum Gasteiger partial charge on any atom is -0.292 e. The van der Waals surface area contributed by atoms with E-state index in [0.717, 1.165) is 17.8 Å². The third-order valence-electron chi connectivity index (χ3n) is 4.33. The van der Waals surface area contributed by atoms with Crippen molar-refractivity contribution in [2.24, 2.45) is 0 Å². The molecule has 0 saturated heterocycles. The normalized spacial score (nSPS) is 13.8. The fraction of sp³-hybridized carbons (Fsp3) is 0.350. The summed E-state index contributed by atoms with van der Waals surface area (Å²) in [5, 5.41) is 1.93. The van der Waals surface area contributed by atoms with Crippen molar-refractivity contribution in [1.82, 2.24) is 10.3 Å². The third-order valence-corrected chi connectivity index (χ3v) is 4.33. The SMILES string of the molecule is CCN(CC(=O)NN(Cc1ccccc1)c1ccccc1)C1CC1. The van der Waals surface area contributed by atoms with E-state index in [9.17, 15) is 4.79 Å². The lowest BCUT2D eigenvalue weighted by Crippen LogP contribution is -2.47. The van der Waals surface area contributed by atoms with Gasteiger partial charge in [-0.3, -0.25) is 20.1 Å². The number of para-hydroxylation sites is 1. The molecule has 126 valence electrons. The number of anilines is 1. The lowest BCUT2D eigenvalue weighted by Gasteiger charge is -2.27. The molecule has 0 bridgehead atoms. The van der Waals surface area contributed by atoms with E-state index >= 15 is 0 Å². The van der Waals surface area contributed by atoms with Crippen molar-refractivity contribution >= 4 is 11.6 Å². The van der Waals surface area contributed by atoms with Crippen LogP contribution in [0.25, 0.3) is 0 Å². The smallest absolute Gasteiger partial charge is 0.252 e. The molecule has 1 amide bonds. The van der Waals surface area contributed by atoms with Crippen LogP contribution in [-0.2, 0) is 11.3 Å². The van der Waals surface area contributed by atoms with Gasteiger partial charge >= 0.3 is 0 Å². The number of likely N-dealkylation sites (N-methyl/N-ethyl adjacent to an activating group) is 1. The van der Waals surface area contributed by atoms with E-state index in [2.05, 4.69) is 29.4 Å². The molecule has 3 rings (SSSR count). The van der Waals surface area contributed by atoms with Crippen LogP contribution >= 0.6 is 0 Å². The molecule has 1 fully saturated rings. The molecule has 24 heavy (non-hydrogen) atoms. The molecular formula is C20H25N3O. The first-order chi connectivity index (χ1) is 11.8. The van der Waals surface area contributed by atoms with E-state index in [1.54, 1.807) is 0 Å². The Morgan fingerprint density at radius 1 is 1.04 bits per heavy atom. The number of carbonyl (C=O) groups is 1. The van der Waals surface area contributed by atoms with Crippen LogP contribution in [0.2, 0.25) is 0 Å². The van der Waals surface area contributed by atoms with E-state index in [4.69, 9.17) is 0 Å². The van der Waals surface area contributed by atoms with Gasteiger partial charge < -0.3 is 0 Å². The van der Waals surface area contributed by atoms with Crippen LogP contribution in [0.15, 0.2) is 60.7 Å². The molecule has 1 saturated carbocycles. The Morgan fingerprint density at radius 3 is 2.25 bits per heavy atom. The maximum atomic E-state index is 12.5. The summed E-state index contributed by atoms with van der Waals surface area (Å²) in [6.45, 7) is 4.14. The maximum Gasteiger partial charge on any atom is 0.252 e.